The molecule has 0 atom stereocenters. The van der Waals surface area contributed by atoms with E-state index < -0.39 is 17.8 Å². The van der Waals surface area contributed by atoms with Gasteiger partial charge < -0.3 is 5.11 Å². The summed E-state index contributed by atoms with van der Waals surface area (Å²) in [5, 5.41) is 13.5. The number of rotatable bonds is 5. The summed E-state index contributed by atoms with van der Waals surface area (Å²) in [6.45, 7) is 0. The van der Waals surface area contributed by atoms with Crippen molar-refractivity contribution in [1.82, 2.24) is 34.7 Å². The standard InChI is InChI=1S/C17H12F3N7O2/c18-17(19,20)13-3-12(24-14(25-13)9-1-2-9)15-23-8-27(26-15)6-11(16(28)29)10-4-21-7-22-5-10/h3-9H,1-2H2,(H,28,29)/b11-6+. The highest BCUT2D eigenvalue weighted by atomic mass is 19.4. The molecule has 148 valence electrons. The van der Waals surface area contributed by atoms with Crippen molar-refractivity contribution in [1.29, 1.82) is 0 Å². The monoisotopic (exact) mass is 403 g/mol. The van der Waals surface area contributed by atoms with Crippen molar-refractivity contribution in [2.75, 3.05) is 0 Å². The Morgan fingerprint density at radius 1 is 1.21 bits per heavy atom. The molecule has 0 bridgehead atoms. The number of halogens is 3. The van der Waals surface area contributed by atoms with Gasteiger partial charge in [-0.3, -0.25) is 0 Å². The molecular formula is C17H12F3N7O2. The van der Waals surface area contributed by atoms with Crippen LogP contribution in [0.25, 0.3) is 23.3 Å². The summed E-state index contributed by atoms with van der Waals surface area (Å²) in [5.74, 6) is -1.33. The first-order valence-corrected chi connectivity index (χ1v) is 8.39. The predicted octanol–water partition coefficient (Wildman–Crippen LogP) is 2.50. The maximum Gasteiger partial charge on any atom is 0.433 e. The van der Waals surface area contributed by atoms with Gasteiger partial charge >= 0.3 is 12.1 Å². The topological polar surface area (TPSA) is 120 Å². The van der Waals surface area contributed by atoms with Crippen molar-refractivity contribution >= 4 is 17.7 Å². The third-order valence-electron chi connectivity index (χ3n) is 4.08. The molecule has 0 aliphatic heterocycles. The van der Waals surface area contributed by atoms with Gasteiger partial charge in [-0.05, 0) is 18.9 Å². The molecule has 1 aliphatic carbocycles. The fourth-order valence-corrected chi connectivity index (χ4v) is 2.53. The number of aliphatic carboxylic acids is 1. The minimum absolute atomic E-state index is 0.0786. The van der Waals surface area contributed by atoms with Crippen LogP contribution in [0.2, 0.25) is 0 Å². The van der Waals surface area contributed by atoms with E-state index in [2.05, 4.69) is 30.0 Å². The fraction of sp³-hybridized carbons (Fsp3) is 0.235. The van der Waals surface area contributed by atoms with Crippen molar-refractivity contribution in [2.45, 2.75) is 24.9 Å². The Labute approximate surface area is 161 Å². The molecule has 3 aromatic heterocycles. The van der Waals surface area contributed by atoms with Crippen LogP contribution in [0.1, 0.15) is 35.8 Å². The Hall–Kier alpha value is -3.70. The molecule has 3 heterocycles. The average Bonchev–Trinajstić information content (AvgIpc) is 3.44. The second-order valence-electron chi connectivity index (χ2n) is 6.29. The van der Waals surface area contributed by atoms with Gasteiger partial charge in [0.15, 0.2) is 5.82 Å². The Morgan fingerprint density at radius 3 is 2.55 bits per heavy atom. The molecule has 0 radical (unpaired) electrons. The molecule has 3 aromatic rings. The highest BCUT2D eigenvalue weighted by molar-refractivity contribution is 6.18. The summed E-state index contributed by atoms with van der Waals surface area (Å²) in [6, 6.07) is 0.776. The van der Waals surface area contributed by atoms with Crippen LogP contribution in [0.5, 0.6) is 0 Å². The molecule has 1 aliphatic rings. The summed E-state index contributed by atoms with van der Waals surface area (Å²) in [6.07, 6.45) is 3.03. The van der Waals surface area contributed by atoms with E-state index >= 15 is 0 Å². The lowest BCUT2D eigenvalue weighted by molar-refractivity contribution is -0.141. The molecule has 0 amide bonds. The van der Waals surface area contributed by atoms with Crippen molar-refractivity contribution in [2.24, 2.45) is 0 Å². The Morgan fingerprint density at radius 2 is 1.93 bits per heavy atom. The highest BCUT2D eigenvalue weighted by Crippen LogP contribution is 2.40. The quantitative estimate of drug-likeness (QED) is 0.646. The number of hydrogen-bond acceptors (Lipinski definition) is 7. The van der Waals surface area contributed by atoms with E-state index in [1.54, 1.807) is 0 Å². The molecule has 0 unspecified atom stereocenters. The molecule has 1 saturated carbocycles. The van der Waals surface area contributed by atoms with Crippen molar-refractivity contribution in [3.8, 4) is 11.5 Å². The van der Waals surface area contributed by atoms with Crippen LogP contribution >= 0.6 is 0 Å². The van der Waals surface area contributed by atoms with E-state index in [0.717, 1.165) is 29.8 Å². The third-order valence-corrected chi connectivity index (χ3v) is 4.08. The van der Waals surface area contributed by atoms with Gasteiger partial charge in [0.1, 0.15) is 29.9 Å². The second kappa shape index (κ2) is 7.04. The normalized spacial score (nSPS) is 14.8. The molecule has 1 N–H and O–H groups in total. The molecule has 0 aromatic carbocycles. The Balaban J connectivity index is 1.72. The number of aromatic nitrogens is 7. The maximum atomic E-state index is 13.2. The average molecular weight is 403 g/mol. The third kappa shape index (κ3) is 4.10. The van der Waals surface area contributed by atoms with Gasteiger partial charge in [-0.25, -0.2) is 34.4 Å². The summed E-state index contributed by atoms with van der Waals surface area (Å²) in [4.78, 5) is 30.8. The van der Waals surface area contributed by atoms with Crippen molar-refractivity contribution in [3.63, 3.8) is 0 Å². The van der Waals surface area contributed by atoms with E-state index in [-0.39, 0.29) is 34.4 Å². The van der Waals surface area contributed by atoms with Crippen LogP contribution < -0.4 is 0 Å². The van der Waals surface area contributed by atoms with Gasteiger partial charge in [0.05, 0.1) is 5.57 Å². The molecule has 4 rings (SSSR count). The Kier molecular flexibility index (Phi) is 4.53. The van der Waals surface area contributed by atoms with Crippen molar-refractivity contribution < 1.29 is 23.1 Å². The largest absolute Gasteiger partial charge is 0.478 e. The predicted molar refractivity (Wildman–Crippen MR) is 91.9 cm³/mol. The number of carboxylic acids is 1. The molecule has 29 heavy (non-hydrogen) atoms. The van der Waals surface area contributed by atoms with Gasteiger partial charge in [0, 0.05) is 30.1 Å². The number of carboxylic acid groups (broad SMARTS) is 1. The highest BCUT2D eigenvalue weighted by Gasteiger charge is 2.36. The Bertz CT molecular complexity index is 1090. The number of alkyl halides is 3. The lowest BCUT2D eigenvalue weighted by Gasteiger charge is -2.08. The van der Waals surface area contributed by atoms with Crippen LogP contribution in [-0.4, -0.2) is 45.8 Å². The first kappa shape index (κ1) is 18.7. The lowest BCUT2D eigenvalue weighted by Crippen LogP contribution is -2.11. The molecule has 1 fully saturated rings. The zero-order chi connectivity index (χ0) is 20.6. The molecule has 0 spiro atoms. The first-order valence-electron chi connectivity index (χ1n) is 8.39. The van der Waals surface area contributed by atoms with E-state index in [0.29, 0.717) is 0 Å². The van der Waals surface area contributed by atoms with E-state index in [4.69, 9.17) is 0 Å². The number of hydrogen-bond donors (Lipinski definition) is 1. The van der Waals surface area contributed by atoms with Gasteiger partial charge in [0.2, 0.25) is 0 Å². The van der Waals surface area contributed by atoms with Gasteiger partial charge in [-0.2, -0.15) is 13.2 Å². The molecule has 9 nitrogen and oxygen atoms in total. The minimum atomic E-state index is -4.63. The molecule has 0 saturated heterocycles. The second-order valence-corrected chi connectivity index (χ2v) is 6.29. The van der Waals surface area contributed by atoms with Crippen LogP contribution in [0.4, 0.5) is 13.2 Å². The zero-order valence-corrected chi connectivity index (χ0v) is 14.6. The smallest absolute Gasteiger partial charge is 0.433 e. The number of carbonyl (C=O) groups is 1. The summed E-state index contributed by atoms with van der Waals surface area (Å²) >= 11 is 0. The zero-order valence-electron chi connectivity index (χ0n) is 14.6. The summed E-state index contributed by atoms with van der Waals surface area (Å²) in [5.41, 5.74) is -1.08. The summed E-state index contributed by atoms with van der Waals surface area (Å²) in [7, 11) is 0. The van der Waals surface area contributed by atoms with E-state index in [9.17, 15) is 23.1 Å². The van der Waals surface area contributed by atoms with E-state index in [1.165, 1.54) is 25.0 Å². The van der Waals surface area contributed by atoms with Gasteiger partial charge in [-0.15, -0.1) is 5.10 Å². The van der Waals surface area contributed by atoms with Gasteiger partial charge in [0.25, 0.3) is 0 Å². The fourth-order valence-electron chi connectivity index (χ4n) is 2.53. The van der Waals surface area contributed by atoms with Crippen LogP contribution in [0, 0.1) is 0 Å². The molecule has 12 heteroatoms. The SMILES string of the molecule is O=C(O)/C(=C/n1cnc(-c2cc(C(F)(F)F)nc(C3CC3)n2)n1)c1cncnc1. The minimum Gasteiger partial charge on any atom is -0.478 e. The van der Waals surface area contributed by atoms with Crippen LogP contribution in [0.15, 0.2) is 31.1 Å². The molecular weight excluding hydrogens is 391 g/mol. The lowest BCUT2D eigenvalue weighted by atomic mass is 10.1. The first-order chi connectivity index (χ1) is 13.8. The van der Waals surface area contributed by atoms with Gasteiger partial charge in [-0.1, -0.05) is 0 Å². The van der Waals surface area contributed by atoms with Crippen LogP contribution in [-0.2, 0) is 11.0 Å². The van der Waals surface area contributed by atoms with Crippen LogP contribution in [0.3, 0.4) is 0 Å². The summed E-state index contributed by atoms with van der Waals surface area (Å²) < 4.78 is 40.6. The van der Waals surface area contributed by atoms with E-state index in [1.807, 2.05) is 0 Å². The maximum absolute atomic E-state index is 13.2. The number of nitrogens with zero attached hydrogens (tertiary/aromatic N) is 7. The van der Waals surface area contributed by atoms with Crippen molar-refractivity contribution in [3.05, 3.63) is 48.2 Å².